The Morgan fingerprint density at radius 1 is 1.16 bits per heavy atom. The molecule has 2 amide bonds. The maximum Gasteiger partial charge on any atom is 0.241 e. The standard InChI is InChI=1S/C20H29N3O2/c1-21(2)19(24)15-23-18-11-10-17(20(23)25)13-22(14-18)12-6-9-16-7-4-3-5-8-16/h3-5,7-8,17-18H,6,9-15H2,1-2H3/t17-,18+/m1/s1. The van der Waals surface area contributed by atoms with Crippen LogP contribution in [-0.4, -0.2) is 72.8 Å². The zero-order valence-corrected chi connectivity index (χ0v) is 15.4. The van der Waals surface area contributed by atoms with Gasteiger partial charge < -0.3 is 14.7 Å². The molecule has 3 heterocycles. The van der Waals surface area contributed by atoms with Crippen LogP contribution < -0.4 is 0 Å². The van der Waals surface area contributed by atoms with Crippen molar-refractivity contribution in [3.8, 4) is 0 Å². The molecule has 1 aromatic rings. The third kappa shape index (κ3) is 4.40. The molecule has 3 fully saturated rings. The van der Waals surface area contributed by atoms with Gasteiger partial charge >= 0.3 is 0 Å². The van der Waals surface area contributed by atoms with Crippen LogP contribution in [0.1, 0.15) is 24.8 Å². The molecule has 5 nitrogen and oxygen atoms in total. The SMILES string of the molecule is CN(C)C(=O)CN1C(=O)[C@@H]2CC[C@H]1CN(CCCc1ccccc1)C2. The number of hydrogen-bond acceptors (Lipinski definition) is 3. The van der Waals surface area contributed by atoms with E-state index in [0.29, 0.717) is 0 Å². The molecule has 3 saturated heterocycles. The monoisotopic (exact) mass is 343 g/mol. The molecule has 1 aromatic carbocycles. The van der Waals surface area contributed by atoms with E-state index >= 15 is 0 Å². The van der Waals surface area contributed by atoms with Crippen molar-refractivity contribution in [1.82, 2.24) is 14.7 Å². The highest BCUT2D eigenvalue weighted by Crippen LogP contribution is 2.29. The molecule has 0 N–H and O–H groups in total. The molecular formula is C20H29N3O2. The highest BCUT2D eigenvalue weighted by Gasteiger charge is 2.41. The van der Waals surface area contributed by atoms with Gasteiger partial charge in [-0.05, 0) is 37.8 Å². The zero-order chi connectivity index (χ0) is 17.8. The molecule has 2 atom stereocenters. The van der Waals surface area contributed by atoms with Crippen molar-refractivity contribution in [2.75, 3.05) is 40.3 Å². The van der Waals surface area contributed by atoms with Crippen LogP contribution in [0.5, 0.6) is 0 Å². The Morgan fingerprint density at radius 2 is 1.92 bits per heavy atom. The van der Waals surface area contributed by atoms with Crippen molar-refractivity contribution < 1.29 is 9.59 Å². The van der Waals surface area contributed by atoms with Gasteiger partial charge in [-0.25, -0.2) is 0 Å². The van der Waals surface area contributed by atoms with Crippen molar-refractivity contribution >= 4 is 11.8 Å². The summed E-state index contributed by atoms with van der Waals surface area (Å²) in [6.07, 6.45) is 4.16. The van der Waals surface area contributed by atoms with E-state index in [0.717, 1.165) is 45.3 Å². The summed E-state index contributed by atoms with van der Waals surface area (Å²) in [5.74, 6) is 0.249. The lowest BCUT2D eigenvalue weighted by molar-refractivity contribution is -0.145. The second kappa shape index (κ2) is 8.00. The van der Waals surface area contributed by atoms with Crippen molar-refractivity contribution in [3.05, 3.63) is 35.9 Å². The summed E-state index contributed by atoms with van der Waals surface area (Å²) in [5, 5.41) is 0. The Labute approximate surface area is 150 Å². The average molecular weight is 343 g/mol. The average Bonchev–Trinajstić information content (AvgIpc) is 2.88. The van der Waals surface area contributed by atoms with Crippen molar-refractivity contribution in [3.63, 3.8) is 0 Å². The van der Waals surface area contributed by atoms with Crippen LogP contribution in [0.4, 0.5) is 0 Å². The third-order valence-corrected chi connectivity index (χ3v) is 5.46. The number of carbonyl (C=O) groups is 2. The first kappa shape index (κ1) is 17.9. The van der Waals surface area contributed by atoms with Crippen LogP contribution in [0.15, 0.2) is 30.3 Å². The minimum absolute atomic E-state index is 0.0107. The Kier molecular flexibility index (Phi) is 5.74. The molecule has 25 heavy (non-hydrogen) atoms. The largest absolute Gasteiger partial charge is 0.347 e. The smallest absolute Gasteiger partial charge is 0.241 e. The van der Waals surface area contributed by atoms with E-state index in [1.54, 1.807) is 19.0 Å². The van der Waals surface area contributed by atoms with E-state index in [9.17, 15) is 9.59 Å². The van der Waals surface area contributed by atoms with E-state index in [2.05, 4.69) is 29.2 Å². The van der Waals surface area contributed by atoms with Gasteiger partial charge in [0.25, 0.3) is 0 Å². The molecule has 3 aliphatic rings. The Hall–Kier alpha value is -1.88. The van der Waals surface area contributed by atoms with Gasteiger partial charge in [-0.1, -0.05) is 30.3 Å². The molecule has 0 aliphatic carbocycles. The van der Waals surface area contributed by atoms with Gasteiger partial charge in [0.15, 0.2) is 0 Å². The summed E-state index contributed by atoms with van der Waals surface area (Å²) < 4.78 is 0. The van der Waals surface area contributed by atoms with Crippen LogP contribution >= 0.6 is 0 Å². The number of likely N-dealkylation sites (N-methyl/N-ethyl adjacent to an activating group) is 1. The molecule has 3 aliphatic heterocycles. The molecule has 136 valence electrons. The number of fused-ring (bicyclic) bond motifs is 4. The second-order valence-electron chi connectivity index (χ2n) is 7.53. The van der Waals surface area contributed by atoms with Crippen LogP contribution in [0, 0.1) is 5.92 Å². The molecule has 0 aromatic heterocycles. The van der Waals surface area contributed by atoms with Gasteiger partial charge in [0.2, 0.25) is 11.8 Å². The molecular weight excluding hydrogens is 314 g/mol. The molecule has 0 saturated carbocycles. The number of piperidine rings is 1. The fraction of sp³-hybridized carbons (Fsp3) is 0.600. The summed E-state index contributed by atoms with van der Waals surface area (Å²) in [6, 6.07) is 10.7. The summed E-state index contributed by atoms with van der Waals surface area (Å²) in [5.41, 5.74) is 1.37. The summed E-state index contributed by atoms with van der Waals surface area (Å²) in [7, 11) is 3.50. The minimum atomic E-state index is 0.0107. The number of amides is 2. The third-order valence-electron chi connectivity index (χ3n) is 5.46. The fourth-order valence-corrected chi connectivity index (χ4v) is 3.96. The molecule has 0 spiro atoms. The molecule has 5 heteroatoms. The molecule has 0 unspecified atom stereocenters. The topological polar surface area (TPSA) is 43.9 Å². The van der Waals surface area contributed by atoms with Gasteiger partial charge in [0.1, 0.15) is 6.54 Å². The van der Waals surface area contributed by atoms with Crippen molar-refractivity contribution in [1.29, 1.82) is 0 Å². The number of benzene rings is 1. The van der Waals surface area contributed by atoms with E-state index in [4.69, 9.17) is 0 Å². The van der Waals surface area contributed by atoms with Gasteiger partial charge in [0, 0.05) is 33.2 Å². The Balaban J connectivity index is 1.57. The van der Waals surface area contributed by atoms with Gasteiger partial charge in [0.05, 0.1) is 5.92 Å². The van der Waals surface area contributed by atoms with Gasteiger partial charge in [-0.2, -0.15) is 0 Å². The number of nitrogens with zero attached hydrogens (tertiary/aromatic N) is 3. The Bertz CT molecular complexity index is 602. The lowest BCUT2D eigenvalue weighted by atomic mass is 9.94. The maximum absolute atomic E-state index is 12.7. The Morgan fingerprint density at radius 3 is 2.64 bits per heavy atom. The number of hydrogen-bond donors (Lipinski definition) is 0. The fourth-order valence-electron chi connectivity index (χ4n) is 3.96. The summed E-state index contributed by atoms with van der Waals surface area (Å²) in [6.45, 7) is 2.99. The van der Waals surface area contributed by atoms with E-state index in [1.165, 1.54) is 5.56 Å². The van der Waals surface area contributed by atoms with Crippen LogP contribution in [0.3, 0.4) is 0 Å². The van der Waals surface area contributed by atoms with E-state index < -0.39 is 0 Å². The number of aryl methyl sites for hydroxylation is 1. The van der Waals surface area contributed by atoms with Crippen LogP contribution in [-0.2, 0) is 16.0 Å². The maximum atomic E-state index is 12.7. The van der Waals surface area contributed by atoms with Crippen LogP contribution in [0.25, 0.3) is 0 Å². The van der Waals surface area contributed by atoms with Crippen molar-refractivity contribution in [2.45, 2.75) is 31.7 Å². The molecule has 2 bridgehead atoms. The summed E-state index contributed by atoms with van der Waals surface area (Å²) >= 11 is 0. The van der Waals surface area contributed by atoms with E-state index in [-0.39, 0.29) is 30.3 Å². The highest BCUT2D eigenvalue weighted by molar-refractivity contribution is 5.86. The van der Waals surface area contributed by atoms with Gasteiger partial charge in [-0.3, -0.25) is 9.59 Å². The van der Waals surface area contributed by atoms with Crippen LogP contribution in [0.2, 0.25) is 0 Å². The normalized spacial score (nSPS) is 23.6. The predicted molar refractivity (Wildman–Crippen MR) is 98.1 cm³/mol. The zero-order valence-electron chi connectivity index (χ0n) is 15.4. The number of carbonyl (C=O) groups excluding carboxylic acids is 2. The van der Waals surface area contributed by atoms with Gasteiger partial charge in [-0.15, -0.1) is 0 Å². The highest BCUT2D eigenvalue weighted by atomic mass is 16.2. The van der Waals surface area contributed by atoms with Crippen molar-refractivity contribution in [2.24, 2.45) is 5.92 Å². The summed E-state index contributed by atoms with van der Waals surface area (Å²) in [4.78, 5) is 30.7. The first-order valence-corrected chi connectivity index (χ1v) is 9.31. The number of rotatable bonds is 6. The lowest BCUT2D eigenvalue weighted by Gasteiger charge is -2.36. The predicted octanol–water partition coefficient (Wildman–Crippen LogP) is 1.63. The second-order valence-corrected chi connectivity index (χ2v) is 7.53. The minimum Gasteiger partial charge on any atom is -0.347 e. The molecule has 4 rings (SSSR count). The van der Waals surface area contributed by atoms with E-state index in [1.807, 2.05) is 11.0 Å². The first-order valence-electron chi connectivity index (χ1n) is 9.31. The quantitative estimate of drug-likeness (QED) is 0.789. The molecule has 0 radical (unpaired) electrons. The first-order chi connectivity index (χ1) is 12.0. The lowest BCUT2D eigenvalue weighted by Crippen LogP contribution is -2.51.